The lowest BCUT2D eigenvalue weighted by Crippen LogP contribution is -1.78. The number of hydrogen-bond donors (Lipinski definition) is 0. The van der Waals surface area contributed by atoms with Crippen molar-refractivity contribution in [2.45, 2.75) is 6.92 Å². The summed E-state index contributed by atoms with van der Waals surface area (Å²) in [6.45, 7) is 2.16. The number of furan rings is 1. The first kappa shape index (κ1) is 9.72. The summed E-state index contributed by atoms with van der Waals surface area (Å²) in [5.41, 5.74) is 3.25. The third-order valence-electron chi connectivity index (χ3n) is 3.59. The second kappa shape index (κ2) is 3.36. The van der Waals surface area contributed by atoms with Gasteiger partial charge in [0.2, 0.25) is 0 Å². The Kier molecular flexibility index (Phi) is 1.81. The lowest BCUT2D eigenvalue weighted by molar-refractivity contribution is 0.672. The van der Waals surface area contributed by atoms with E-state index in [9.17, 15) is 0 Å². The van der Waals surface area contributed by atoms with Crippen LogP contribution in [0.5, 0.6) is 0 Å². The Morgan fingerprint density at radius 1 is 0.722 bits per heavy atom. The fourth-order valence-electron chi connectivity index (χ4n) is 2.73. The summed E-state index contributed by atoms with van der Waals surface area (Å²) >= 11 is 0. The molecule has 0 radical (unpaired) electrons. The highest BCUT2D eigenvalue weighted by atomic mass is 16.3. The zero-order chi connectivity index (χ0) is 12.1. The Morgan fingerprint density at radius 3 is 2.22 bits per heavy atom. The van der Waals surface area contributed by atoms with Crippen molar-refractivity contribution in [1.29, 1.82) is 0 Å². The van der Waals surface area contributed by atoms with E-state index in [0.717, 1.165) is 11.2 Å². The number of aryl methyl sites for hydroxylation is 1. The molecule has 18 heavy (non-hydrogen) atoms. The summed E-state index contributed by atoms with van der Waals surface area (Å²) in [5.74, 6) is 0. The van der Waals surface area contributed by atoms with Gasteiger partial charge in [-0.15, -0.1) is 0 Å². The molecule has 3 aromatic carbocycles. The van der Waals surface area contributed by atoms with Crippen LogP contribution in [-0.4, -0.2) is 0 Å². The van der Waals surface area contributed by atoms with Crippen LogP contribution in [0.25, 0.3) is 32.7 Å². The standard InChI is InChI=1S/C17H12O/c1-11-10-15-13-7-4-5-9-16(13)18-17(15)14-8-3-2-6-12(11)14/h2-10H,1H3. The van der Waals surface area contributed by atoms with Crippen LogP contribution in [0.2, 0.25) is 0 Å². The number of benzene rings is 3. The largest absolute Gasteiger partial charge is 0.455 e. The third-order valence-corrected chi connectivity index (χ3v) is 3.59. The molecular formula is C17H12O. The highest BCUT2D eigenvalue weighted by Crippen LogP contribution is 2.35. The van der Waals surface area contributed by atoms with Gasteiger partial charge in [-0.05, 0) is 30.0 Å². The monoisotopic (exact) mass is 232 g/mol. The Labute approximate surface area is 105 Å². The van der Waals surface area contributed by atoms with Gasteiger partial charge in [0.25, 0.3) is 0 Å². The highest BCUT2D eigenvalue weighted by molar-refractivity contribution is 6.15. The minimum atomic E-state index is 0.961. The molecule has 1 aromatic heterocycles. The van der Waals surface area contributed by atoms with E-state index < -0.39 is 0 Å². The zero-order valence-electron chi connectivity index (χ0n) is 10.1. The maximum Gasteiger partial charge on any atom is 0.143 e. The Morgan fingerprint density at radius 2 is 1.39 bits per heavy atom. The first-order valence-electron chi connectivity index (χ1n) is 6.14. The predicted molar refractivity (Wildman–Crippen MR) is 76.0 cm³/mol. The van der Waals surface area contributed by atoms with Gasteiger partial charge in [0.15, 0.2) is 0 Å². The molecule has 0 aliphatic heterocycles. The number of rotatable bonds is 0. The minimum absolute atomic E-state index is 0.961. The van der Waals surface area contributed by atoms with E-state index in [1.807, 2.05) is 12.1 Å². The molecule has 0 fully saturated rings. The van der Waals surface area contributed by atoms with Crippen LogP contribution in [0.3, 0.4) is 0 Å². The van der Waals surface area contributed by atoms with E-state index in [2.05, 4.69) is 49.4 Å². The van der Waals surface area contributed by atoms with E-state index >= 15 is 0 Å². The summed E-state index contributed by atoms with van der Waals surface area (Å²) < 4.78 is 6.02. The number of fused-ring (bicyclic) bond motifs is 5. The zero-order valence-corrected chi connectivity index (χ0v) is 10.1. The summed E-state index contributed by atoms with van der Waals surface area (Å²) in [5, 5.41) is 4.87. The van der Waals surface area contributed by atoms with Crippen LogP contribution in [0.15, 0.2) is 59.0 Å². The second-order valence-electron chi connectivity index (χ2n) is 4.71. The Balaban J connectivity index is 2.36. The molecule has 1 heterocycles. The molecule has 0 aliphatic carbocycles. The maximum atomic E-state index is 6.02. The molecule has 4 rings (SSSR count). The molecule has 1 nitrogen and oxygen atoms in total. The fraction of sp³-hybridized carbons (Fsp3) is 0.0588. The number of hydrogen-bond acceptors (Lipinski definition) is 1. The molecule has 0 amide bonds. The van der Waals surface area contributed by atoms with Crippen LogP contribution < -0.4 is 0 Å². The van der Waals surface area contributed by atoms with E-state index in [1.54, 1.807) is 0 Å². The van der Waals surface area contributed by atoms with Crippen LogP contribution in [-0.2, 0) is 0 Å². The molecule has 0 atom stereocenters. The molecule has 0 spiro atoms. The van der Waals surface area contributed by atoms with Crippen LogP contribution in [0.1, 0.15) is 5.56 Å². The highest BCUT2D eigenvalue weighted by Gasteiger charge is 2.10. The molecule has 0 saturated heterocycles. The normalized spacial score (nSPS) is 11.6. The fourth-order valence-corrected chi connectivity index (χ4v) is 2.73. The van der Waals surface area contributed by atoms with Gasteiger partial charge in [0.1, 0.15) is 11.2 Å². The van der Waals surface area contributed by atoms with Crippen molar-refractivity contribution in [3.8, 4) is 0 Å². The van der Waals surface area contributed by atoms with Gasteiger partial charge >= 0.3 is 0 Å². The van der Waals surface area contributed by atoms with Gasteiger partial charge in [-0.2, -0.15) is 0 Å². The van der Waals surface area contributed by atoms with Gasteiger partial charge in [0.05, 0.1) is 0 Å². The van der Waals surface area contributed by atoms with E-state index in [4.69, 9.17) is 4.42 Å². The topological polar surface area (TPSA) is 13.1 Å². The van der Waals surface area contributed by atoms with Crippen molar-refractivity contribution in [3.63, 3.8) is 0 Å². The van der Waals surface area contributed by atoms with Crippen molar-refractivity contribution in [1.82, 2.24) is 0 Å². The van der Waals surface area contributed by atoms with Crippen molar-refractivity contribution in [2.75, 3.05) is 0 Å². The Hall–Kier alpha value is -2.28. The molecule has 4 aromatic rings. The lowest BCUT2D eigenvalue weighted by Gasteiger charge is -2.02. The smallest absolute Gasteiger partial charge is 0.143 e. The van der Waals surface area contributed by atoms with Gasteiger partial charge in [-0.3, -0.25) is 0 Å². The molecule has 0 aliphatic rings. The quantitative estimate of drug-likeness (QED) is 0.413. The molecule has 0 bridgehead atoms. The summed E-state index contributed by atoms with van der Waals surface area (Å²) in [4.78, 5) is 0. The first-order valence-corrected chi connectivity index (χ1v) is 6.14. The van der Waals surface area contributed by atoms with E-state index in [0.29, 0.717) is 0 Å². The lowest BCUT2D eigenvalue weighted by atomic mass is 10.0. The average Bonchev–Trinajstić information content (AvgIpc) is 2.78. The minimum Gasteiger partial charge on any atom is -0.455 e. The summed E-state index contributed by atoms with van der Waals surface area (Å²) in [6.07, 6.45) is 0. The van der Waals surface area contributed by atoms with Crippen molar-refractivity contribution in [2.24, 2.45) is 0 Å². The molecule has 0 saturated carbocycles. The first-order chi connectivity index (χ1) is 8.84. The van der Waals surface area contributed by atoms with Gasteiger partial charge < -0.3 is 4.42 Å². The van der Waals surface area contributed by atoms with E-state index in [1.165, 1.54) is 27.1 Å². The van der Waals surface area contributed by atoms with Crippen molar-refractivity contribution >= 4 is 32.7 Å². The number of para-hydroxylation sites is 1. The molecule has 86 valence electrons. The summed E-state index contributed by atoms with van der Waals surface area (Å²) in [6, 6.07) is 18.9. The Bertz CT molecular complexity index is 884. The average molecular weight is 232 g/mol. The van der Waals surface area contributed by atoms with Gasteiger partial charge in [0, 0.05) is 16.2 Å². The maximum absolute atomic E-state index is 6.02. The van der Waals surface area contributed by atoms with Gasteiger partial charge in [-0.1, -0.05) is 42.5 Å². The van der Waals surface area contributed by atoms with Crippen LogP contribution in [0.4, 0.5) is 0 Å². The summed E-state index contributed by atoms with van der Waals surface area (Å²) in [7, 11) is 0. The third kappa shape index (κ3) is 1.16. The predicted octanol–water partition coefficient (Wildman–Crippen LogP) is 5.05. The SMILES string of the molecule is Cc1cc2c3ccccc3oc2c2ccccc12. The van der Waals surface area contributed by atoms with Crippen molar-refractivity contribution < 1.29 is 4.42 Å². The molecule has 0 N–H and O–H groups in total. The van der Waals surface area contributed by atoms with Crippen molar-refractivity contribution in [3.05, 3.63) is 60.2 Å². The molecule has 1 heteroatoms. The van der Waals surface area contributed by atoms with Crippen LogP contribution in [0, 0.1) is 6.92 Å². The van der Waals surface area contributed by atoms with Gasteiger partial charge in [-0.25, -0.2) is 0 Å². The van der Waals surface area contributed by atoms with E-state index in [-0.39, 0.29) is 0 Å². The van der Waals surface area contributed by atoms with Crippen LogP contribution >= 0.6 is 0 Å². The molecule has 0 unspecified atom stereocenters. The molecular weight excluding hydrogens is 220 g/mol. The second-order valence-corrected chi connectivity index (χ2v) is 4.71.